The van der Waals surface area contributed by atoms with Crippen LogP contribution >= 0.6 is 7.87 Å². The molecule has 0 aromatic heterocycles. The number of rotatable bonds is 6. The molecule has 1 spiro atoms. The molecule has 4 N–H and O–H groups in total. The van der Waals surface area contributed by atoms with E-state index in [4.69, 9.17) is 0 Å². The van der Waals surface area contributed by atoms with Crippen LogP contribution in [0.2, 0.25) is 0 Å². The molecule has 2 aliphatic rings. The van der Waals surface area contributed by atoms with Crippen LogP contribution in [0.15, 0.2) is 72.8 Å². The summed E-state index contributed by atoms with van der Waals surface area (Å²) in [6, 6.07) is 28.7. The second-order valence-electron chi connectivity index (χ2n) is 15.7. The molecule has 4 nitrogen and oxygen atoms in total. The average molecular weight is 648 g/mol. The first kappa shape index (κ1) is 34.0. The zero-order valence-electron chi connectivity index (χ0n) is 30.7. The minimum absolute atomic E-state index is 0.125. The van der Waals surface area contributed by atoms with Crippen molar-refractivity contribution in [1.29, 1.82) is 0 Å². The lowest BCUT2D eigenvalue weighted by Gasteiger charge is -2.36. The van der Waals surface area contributed by atoms with E-state index in [9.17, 15) is 0 Å². The molecule has 5 heteroatoms. The van der Waals surface area contributed by atoms with Crippen molar-refractivity contribution in [1.82, 2.24) is 20.3 Å². The zero-order chi connectivity index (χ0) is 34.1. The van der Waals surface area contributed by atoms with Crippen molar-refractivity contribution < 1.29 is 0 Å². The lowest BCUT2D eigenvalue weighted by atomic mass is 9.73. The maximum absolute atomic E-state index is 4.47. The molecule has 2 heterocycles. The maximum atomic E-state index is 4.47. The maximum Gasteiger partial charge on any atom is 0.301 e. The Balaban J connectivity index is 1.65. The summed E-state index contributed by atoms with van der Waals surface area (Å²) in [6.45, 7) is 27.3. The van der Waals surface area contributed by atoms with Crippen LogP contribution in [-0.2, 0) is 11.1 Å². The van der Waals surface area contributed by atoms with Gasteiger partial charge in [0, 0.05) is 0 Å². The van der Waals surface area contributed by atoms with Crippen LogP contribution in [0.1, 0.15) is 94.5 Å². The normalized spacial score (nSPS) is 21.3. The molecule has 248 valence electrons. The van der Waals surface area contributed by atoms with Crippen molar-refractivity contribution in [3.8, 4) is 0 Å². The Labute approximate surface area is 285 Å². The molecular weight excluding hydrogens is 591 g/mol. The largest absolute Gasteiger partial charge is 0.301 e. The van der Waals surface area contributed by atoms with Crippen molar-refractivity contribution in [2.24, 2.45) is 11.8 Å². The van der Waals surface area contributed by atoms with Crippen LogP contribution in [0.3, 0.4) is 0 Å². The lowest BCUT2D eigenvalue weighted by Crippen LogP contribution is -2.50. The van der Waals surface area contributed by atoms with Gasteiger partial charge in [0.05, 0.1) is 12.1 Å². The van der Waals surface area contributed by atoms with E-state index in [2.05, 4.69) is 176 Å². The molecule has 47 heavy (non-hydrogen) atoms. The number of hydrogen-bond donors (Lipinski definition) is 4. The molecule has 0 amide bonds. The van der Waals surface area contributed by atoms with Crippen LogP contribution in [0, 0.1) is 67.2 Å². The molecule has 0 aliphatic carbocycles. The SMILES string of the molecule is Cc1cc(C)cc(C2(c3cc(C)cc(C)c3)N[P+]3(N[C@H]2C(C)C)N[C@@H](C(C)C)C(c2cc(C)cc(C)c2)(c2cc(C)cc(C)c2)N3)c1. The number of benzene rings is 4. The van der Waals surface area contributed by atoms with Gasteiger partial charge in [-0.2, -0.15) is 0 Å². The van der Waals surface area contributed by atoms with Gasteiger partial charge in [-0.25, -0.2) is 0 Å². The Morgan fingerprint density at radius 3 is 0.809 bits per heavy atom. The topological polar surface area (TPSA) is 48.1 Å². The second kappa shape index (κ2) is 12.2. The van der Waals surface area contributed by atoms with Crippen molar-refractivity contribution >= 4 is 7.87 Å². The van der Waals surface area contributed by atoms with Crippen molar-refractivity contribution in [2.75, 3.05) is 0 Å². The second-order valence-corrected chi connectivity index (χ2v) is 18.0. The first-order valence-electron chi connectivity index (χ1n) is 17.5. The van der Waals surface area contributed by atoms with Gasteiger partial charge in [-0.3, -0.25) is 0 Å². The molecule has 2 aliphatic heterocycles. The molecular formula is C42H56N4P+. The van der Waals surface area contributed by atoms with E-state index in [1.54, 1.807) is 0 Å². The summed E-state index contributed by atoms with van der Waals surface area (Å²) in [4.78, 5) is 0. The predicted octanol–water partition coefficient (Wildman–Crippen LogP) is 9.45. The molecule has 0 saturated carbocycles. The summed E-state index contributed by atoms with van der Waals surface area (Å²) in [5.41, 5.74) is 14.7. The number of aryl methyl sites for hydroxylation is 8. The highest BCUT2D eigenvalue weighted by Gasteiger charge is 2.71. The fourth-order valence-electron chi connectivity index (χ4n) is 8.89. The highest BCUT2D eigenvalue weighted by molar-refractivity contribution is 7.69. The molecule has 0 bridgehead atoms. The Morgan fingerprint density at radius 2 is 0.617 bits per heavy atom. The summed E-state index contributed by atoms with van der Waals surface area (Å²) in [7, 11) is -2.44. The fourth-order valence-corrected chi connectivity index (χ4v) is 13.0. The third kappa shape index (κ3) is 5.91. The summed E-state index contributed by atoms with van der Waals surface area (Å²) in [5.74, 6) is 0.698. The van der Waals surface area contributed by atoms with Gasteiger partial charge in [0.25, 0.3) is 0 Å². The molecule has 0 unspecified atom stereocenters. The van der Waals surface area contributed by atoms with E-state index in [0.717, 1.165) is 0 Å². The Kier molecular flexibility index (Phi) is 8.86. The quantitative estimate of drug-likeness (QED) is 0.158. The van der Waals surface area contributed by atoms with E-state index in [1.165, 1.54) is 66.8 Å². The average Bonchev–Trinajstić information content (AvgIpc) is 3.48. The van der Waals surface area contributed by atoms with Crippen molar-refractivity contribution in [3.63, 3.8) is 0 Å². The summed E-state index contributed by atoms with van der Waals surface area (Å²) in [6.07, 6.45) is 0. The summed E-state index contributed by atoms with van der Waals surface area (Å²) < 4.78 is 0. The van der Waals surface area contributed by atoms with Crippen LogP contribution in [0.4, 0.5) is 0 Å². The molecule has 0 radical (unpaired) electrons. The monoisotopic (exact) mass is 647 g/mol. The van der Waals surface area contributed by atoms with Gasteiger partial charge >= 0.3 is 7.87 Å². The molecule has 4 aromatic rings. The van der Waals surface area contributed by atoms with Gasteiger partial charge in [0.15, 0.2) is 0 Å². The molecule has 6 rings (SSSR count). The molecule has 2 atom stereocenters. The molecule has 2 saturated heterocycles. The third-order valence-corrected chi connectivity index (χ3v) is 13.0. The predicted molar refractivity (Wildman–Crippen MR) is 202 cm³/mol. The minimum atomic E-state index is -2.44. The van der Waals surface area contributed by atoms with Crippen LogP contribution < -0.4 is 20.3 Å². The van der Waals surface area contributed by atoms with Gasteiger partial charge in [0.1, 0.15) is 11.1 Å². The van der Waals surface area contributed by atoms with Crippen molar-refractivity contribution in [2.45, 2.75) is 106 Å². The number of nitrogens with one attached hydrogen (secondary N) is 4. The zero-order valence-corrected chi connectivity index (χ0v) is 31.6. The standard InChI is InChI=1S/C42H56N4P/c1-25(2)39-41(35-17-27(5)13-28(6)18-35,36-19-29(7)14-30(8)20-36)45-47(43-39)44-40(26(3)4)42(46-47,37-21-31(9)15-32(10)22-37)38-23-33(11)16-34(12)24-38/h13-26,39-40,43-46H,1-12H3/q+1/t39-,40-,47?/m0/s1. The smallest absolute Gasteiger partial charge is 0.140 e. The van der Waals surface area contributed by atoms with Gasteiger partial charge < -0.3 is 0 Å². The van der Waals surface area contributed by atoms with Gasteiger partial charge in [0.2, 0.25) is 0 Å². The lowest BCUT2D eigenvalue weighted by molar-refractivity contribution is 0.324. The Morgan fingerprint density at radius 1 is 0.404 bits per heavy atom. The summed E-state index contributed by atoms with van der Waals surface area (Å²) >= 11 is 0. The van der Waals surface area contributed by atoms with Crippen molar-refractivity contribution in [3.05, 3.63) is 140 Å². The van der Waals surface area contributed by atoms with E-state index in [-0.39, 0.29) is 12.1 Å². The van der Waals surface area contributed by atoms with E-state index in [1.807, 2.05) is 0 Å². The number of hydrogen-bond acceptors (Lipinski definition) is 4. The van der Waals surface area contributed by atoms with Crippen LogP contribution in [0.25, 0.3) is 0 Å². The third-order valence-electron chi connectivity index (χ3n) is 10.3. The van der Waals surface area contributed by atoms with Gasteiger partial charge in [-0.15, -0.1) is 20.3 Å². The Bertz CT molecular complexity index is 1500. The highest BCUT2D eigenvalue weighted by Crippen LogP contribution is 2.65. The Hall–Kier alpha value is -2.85. The van der Waals surface area contributed by atoms with Gasteiger partial charge in [-0.1, -0.05) is 145 Å². The minimum Gasteiger partial charge on any atom is -0.140 e. The summed E-state index contributed by atoms with van der Waals surface area (Å²) in [5, 5.41) is 17.6. The molecule has 2 fully saturated rings. The van der Waals surface area contributed by atoms with Gasteiger partial charge in [-0.05, 0) is 89.5 Å². The first-order chi connectivity index (χ1) is 22.1. The van der Waals surface area contributed by atoms with E-state index in [0.29, 0.717) is 11.8 Å². The highest BCUT2D eigenvalue weighted by atomic mass is 31.2. The fraction of sp³-hybridized carbons (Fsp3) is 0.429. The molecule has 4 aromatic carbocycles. The first-order valence-corrected chi connectivity index (χ1v) is 19.2. The van der Waals surface area contributed by atoms with Crippen LogP contribution in [0.5, 0.6) is 0 Å². The van der Waals surface area contributed by atoms with Crippen LogP contribution in [-0.4, -0.2) is 12.1 Å². The van der Waals surface area contributed by atoms with E-state index < -0.39 is 18.9 Å². The van der Waals surface area contributed by atoms with E-state index >= 15 is 0 Å².